The first-order chi connectivity index (χ1) is 6.27. The van der Waals surface area contributed by atoms with E-state index in [0.717, 1.165) is 16.9 Å². The summed E-state index contributed by atoms with van der Waals surface area (Å²) in [6.07, 6.45) is 2.71. The summed E-state index contributed by atoms with van der Waals surface area (Å²) in [4.78, 5) is 1.16. The molecule has 0 atom stereocenters. The van der Waals surface area contributed by atoms with Gasteiger partial charge in [-0.2, -0.15) is 0 Å². The number of amidine groups is 1. The van der Waals surface area contributed by atoms with Crippen LogP contribution in [0.15, 0.2) is 27.5 Å². The van der Waals surface area contributed by atoms with E-state index in [0.29, 0.717) is 0 Å². The molecule has 3 N–H and O–H groups in total. The number of nitrogen functional groups attached to an aromatic ring is 1. The first-order valence-electron chi connectivity index (χ1n) is 3.93. The minimum absolute atomic E-state index is 0.121. The molecule has 13 heavy (non-hydrogen) atoms. The fourth-order valence-corrected chi connectivity index (χ4v) is 1.88. The molecule has 0 aliphatic carbocycles. The van der Waals surface area contributed by atoms with Gasteiger partial charge >= 0.3 is 0 Å². The predicted molar refractivity (Wildman–Crippen MR) is 55.5 cm³/mol. The second-order valence-electron chi connectivity index (χ2n) is 2.82. The van der Waals surface area contributed by atoms with Crippen LogP contribution in [0.25, 0.3) is 0 Å². The number of nitrogens with two attached hydrogens (primary N) is 1. The van der Waals surface area contributed by atoms with E-state index in [1.165, 1.54) is 17.5 Å². The van der Waals surface area contributed by atoms with Crippen LogP contribution in [0.4, 0.5) is 0 Å². The Hall–Kier alpha value is -1.29. The van der Waals surface area contributed by atoms with E-state index < -0.39 is 0 Å². The number of hydrogen-bond acceptors (Lipinski definition) is 3. The second kappa shape index (κ2) is 3.22. The Balaban J connectivity index is 2.44. The number of hydrogen-bond donors (Lipinski definition) is 2. The normalized spacial score (nSPS) is 13.8. The molecule has 4 heteroatoms. The Morgan fingerprint density at radius 2 is 2.38 bits per heavy atom. The summed E-state index contributed by atoms with van der Waals surface area (Å²) in [5, 5.41) is 7.29. The van der Waals surface area contributed by atoms with Crippen molar-refractivity contribution in [2.75, 3.05) is 0 Å². The molecule has 0 saturated heterocycles. The molecule has 0 saturated carbocycles. The summed E-state index contributed by atoms with van der Waals surface area (Å²) in [5.74, 6) is 0.121. The highest BCUT2D eigenvalue weighted by atomic mass is 32.2. The molecule has 1 heterocycles. The maximum Gasteiger partial charge on any atom is 0.122 e. The molecule has 1 aromatic carbocycles. The zero-order valence-electron chi connectivity index (χ0n) is 6.95. The van der Waals surface area contributed by atoms with Crippen LogP contribution >= 0.6 is 11.9 Å². The molecule has 1 aliphatic heterocycles. The largest absolute Gasteiger partial charge is 0.384 e. The van der Waals surface area contributed by atoms with Gasteiger partial charge in [0, 0.05) is 35.0 Å². The lowest BCUT2D eigenvalue weighted by Gasteiger charge is -2.10. The topological polar surface area (TPSA) is 62.2 Å². The van der Waals surface area contributed by atoms with Gasteiger partial charge in [0.2, 0.25) is 0 Å². The van der Waals surface area contributed by atoms with E-state index in [2.05, 4.69) is 4.40 Å². The lowest BCUT2D eigenvalue weighted by molar-refractivity contribution is 1.21. The Labute approximate surface area is 80.7 Å². The molecule has 1 aliphatic rings. The standard InChI is InChI=1S/C9H9N3S/c10-9(11)7-1-2-8-6(5-7)3-4-12-13-8/h1-2,4-5H,3H2,(H3,10,11). The van der Waals surface area contributed by atoms with Crippen LogP contribution in [-0.2, 0) is 6.42 Å². The van der Waals surface area contributed by atoms with Crippen LogP contribution in [-0.4, -0.2) is 12.1 Å². The molecule has 66 valence electrons. The molecule has 0 amide bonds. The molecular weight excluding hydrogens is 182 g/mol. The third kappa shape index (κ3) is 1.58. The molecule has 0 spiro atoms. The first-order valence-corrected chi connectivity index (χ1v) is 4.71. The van der Waals surface area contributed by atoms with Gasteiger partial charge < -0.3 is 5.73 Å². The Bertz CT molecular complexity index is 384. The number of nitrogens with one attached hydrogen (secondary N) is 1. The van der Waals surface area contributed by atoms with Gasteiger partial charge in [-0.15, -0.1) is 0 Å². The van der Waals surface area contributed by atoms with E-state index in [9.17, 15) is 0 Å². The lowest BCUT2D eigenvalue weighted by Crippen LogP contribution is -2.11. The molecular formula is C9H9N3S. The molecule has 3 nitrogen and oxygen atoms in total. The Morgan fingerprint density at radius 1 is 1.54 bits per heavy atom. The number of nitrogens with zero attached hydrogens (tertiary/aromatic N) is 1. The zero-order chi connectivity index (χ0) is 9.26. The van der Waals surface area contributed by atoms with Gasteiger partial charge in [-0.3, -0.25) is 5.41 Å². The Morgan fingerprint density at radius 3 is 3.15 bits per heavy atom. The molecule has 0 aromatic heterocycles. The van der Waals surface area contributed by atoms with Crippen molar-refractivity contribution in [2.24, 2.45) is 10.1 Å². The van der Waals surface area contributed by atoms with Crippen molar-refractivity contribution in [3.63, 3.8) is 0 Å². The van der Waals surface area contributed by atoms with Crippen molar-refractivity contribution < 1.29 is 0 Å². The van der Waals surface area contributed by atoms with Crippen molar-refractivity contribution in [1.29, 1.82) is 5.41 Å². The van der Waals surface area contributed by atoms with Crippen LogP contribution in [0.3, 0.4) is 0 Å². The second-order valence-corrected chi connectivity index (χ2v) is 3.65. The molecule has 2 rings (SSSR count). The van der Waals surface area contributed by atoms with Crippen molar-refractivity contribution >= 4 is 24.0 Å². The summed E-state index contributed by atoms with van der Waals surface area (Å²) in [5.41, 5.74) is 7.38. The maximum atomic E-state index is 7.29. The van der Waals surface area contributed by atoms with E-state index in [4.69, 9.17) is 11.1 Å². The van der Waals surface area contributed by atoms with Gasteiger partial charge in [-0.25, -0.2) is 4.40 Å². The third-order valence-electron chi connectivity index (χ3n) is 1.91. The summed E-state index contributed by atoms with van der Waals surface area (Å²) < 4.78 is 4.10. The van der Waals surface area contributed by atoms with Gasteiger partial charge in [0.05, 0.1) is 0 Å². The molecule has 0 radical (unpaired) electrons. The van der Waals surface area contributed by atoms with Crippen LogP contribution in [0.1, 0.15) is 11.1 Å². The van der Waals surface area contributed by atoms with Crippen LogP contribution in [0.2, 0.25) is 0 Å². The monoisotopic (exact) mass is 191 g/mol. The average Bonchev–Trinajstić information content (AvgIpc) is 2.17. The zero-order valence-corrected chi connectivity index (χ0v) is 7.77. The van der Waals surface area contributed by atoms with Gasteiger partial charge in [0.15, 0.2) is 0 Å². The number of benzene rings is 1. The average molecular weight is 191 g/mol. The number of rotatable bonds is 1. The summed E-state index contributed by atoms with van der Waals surface area (Å²) in [6, 6.07) is 5.78. The Kier molecular flexibility index (Phi) is 2.06. The predicted octanol–water partition coefficient (Wildman–Crippen LogP) is 1.60. The van der Waals surface area contributed by atoms with Crippen molar-refractivity contribution in [1.82, 2.24) is 0 Å². The summed E-state index contributed by atoms with van der Waals surface area (Å²) in [6.45, 7) is 0. The summed E-state index contributed by atoms with van der Waals surface area (Å²) in [7, 11) is 0. The van der Waals surface area contributed by atoms with Crippen molar-refractivity contribution in [3.05, 3.63) is 29.3 Å². The molecule has 1 aromatic rings. The highest BCUT2D eigenvalue weighted by Crippen LogP contribution is 2.27. The minimum Gasteiger partial charge on any atom is -0.384 e. The SMILES string of the molecule is N=C(N)c1ccc2c(c1)CC=NS2. The quantitative estimate of drug-likeness (QED) is 0.402. The van der Waals surface area contributed by atoms with Gasteiger partial charge in [-0.1, -0.05) is 6.07 Å². The first kappa shape index (κ1) is 8.31. The van der Waals surface area contributed by atoms with Gasteiger partial charge in [-0.05, 0) is 17.7 Å². The van der Waals surface area contributed by atoms with E-state index in [1.807, 2.05) is 24.4 Å². The fourth-order valence-electron chi connectivity index (χ4n) is 1.23. The smallest absolute Gasteiger partial charge is 0.122 e. The molecule has 0 unspecified atom stereocenters. The number of fused-ring (bicyclic) bond motifs is 1. The third-order valence-corrected chi connectivity index (χ3v) is 2.76. The highest BCUT2D eigenvalue weighted by molar-refractivity contribution is 7.98. The van der Waals surface area contributed by atoms with Crippen molar-refractivity contribution in [2.45, 2.75) is 11.3 Å². The molecule has 0 bridgehead atoms. The molecule has 0 fully saturated rings. The van der Waals surface area contributed by atoms with Crippen molar-refractivity contribution in [3.8, 4) is 0 Å². The van der Waals surface area contributed by atoms with Crippen LogP contribution in [0, 0.1) is 5.41 Å². The van der Waals surface area contributed by atoms with E-state index >= 15 is 0 Å². The van der Waals surface area contributed by atoms with Gasteiger partial charge in [0.1, 0.15) is 5.84 Å². The summed E-state index contributed by atoms with van der Waals surface area (Å²) >= 11 is 1.47. The minimum atomic E-state index is 0.121. The lowest BCUT2D eigenvalue weighted by atomic mass is 10.1. The van der Waals surface area contributed by atoms with E-state index in [-0.39, 0.29) is 5.84 Å². The van der Waals surface area contributed by atoms with E-state index in [1.54, 1.807) is 0 Å². The highest BCUT2D eigenvalue weighted by Gasteiger charge is 2.07. The van der Waals surface area contributed by atoms with Crippen LogP contribution < -0.4 is 5.73 Å². The van der Waals surface area contributed by atoms with Gasteiger partial charge in [0.25, 0.3) is 0 Å². The maximum absolute atomic E-state index is 7.29. The van der Waals surface area contributed by atoms with Crippen LogP contribution in [0.5, 0.6) is 0 Å². The fraction of sp³-hybridized carbons (Fsp3) is 0.111.